The molecule has 8 nitrogen and oxygen atoms in total. The lowest BCUT2D eigenvalue weighted by Gasteiger charge is -2.24. The number of carbonyl (C=O) groups excluding carboxylic acids is 1. The highest BCUT2D eigenvalue weighted by atomic mass is 31.2. The van der Waals surface area contributed by atoms with Crippen LogP contribution in [0.25, 0.3) is 0 Å². The molecule has 0 spiro atoms. The maximum atomic E-state index is 12.1. The molecule has 0 aromatic carbocycles. The van der Waals surface area contributed by atoms with E-state index < -0.39 is 19.9 Å². The van der Waals surface area contributed by atoms with Gasteiger partial charge in [0.05, 0.1) is 34.4 Å². The van der Waals surface area contributed by atoms with Crippen LogP contribution in [0.3, 0.4) is 0 Å². The Kier molecular flexibility index (Phi) is 23.1. The van der Waals surface area contributed by atoms with E-state index in [-0.39, 0.29) is 19.8 Å². The van der Waals surface area contributed by atoms with Crippen molar-refractivity contribution in [3.05, 3.63) is 0 Å². The van der Waals surface area contributed by atoms with Crippen molar-refractivity contribution in [2.24, 2.45) is 0 Å². The highest BCUT2D eigenvalue weighted by Gasteiger charge is 2.25. The van der Waals surface area contributed by atoms with Crippen molar-refractivity contribution in [3.63, 3.8) is 0 Å². The first-order chi connectivity index (χ1) is 17.6. The van der Waals surface area contributed by atoms with Crippen molar-refractivity contribution in [2.75, 3.05) is 54.1 Å². The minimum atomic E-state index is -4.21. The third-order valence-electron chi connectivity index (χ3n) is 6.22. The Hall–Kier alpha value is -0.500. The van der Waals surface area contributed by atoms with Crippen LogP contribution in [0.15, 0.2) is 0 Å². The average Bonchev–Trinajstić information content (AvgIpc) is 2.80. The van der Waals surface area contributed by atoms with Gasteiger partial charge in [-0.1, -0.05) is 103 Å². The SMILES string of the molecule is CCCCCCCCCCCCCCCCCCOCC(COP(=O)(O)OCC[N+](C)(C)C)OC(C)=O. The van der Waals surface area contributed by atoms with Gasteiger partial charge in [0.25, 0.3) is 0 Å². The molecular formula is C28H59NO7P+. The molecule has 2 atom stereocenters. The first-order valence-corrected chi connectivity index (χ1v) is 16.2. The molecule has 0 radical (unpaired) electrons. The summed E-state index contributed by atoms with van der Waals surface area (Å²) in [4.78, 5) is 21.2. The fourth-order valence-electron chi connectivity index (χ4n) is 3.96. The lowest BCUT2D eigenvalue weighted by molar-refractivity contribution is -0.870. The van der Waals surface area contributed by atoms with Crippen LogP contribution in [0.1, 0.15) is 117 Å². The van der Waals surface area contributed by atoms with Crippen molar-refractivity contribution in [1.82, 2.24) is 0 Å². The number of ether oxygens (including phenoxy) is 2. The maximum Gasteiger partial charge on any atom is 0.472 e. The molecule has 222 valence electrons. The minimum Gasteiger partial charge on any atom is -0.458 e. The van der Waals surface area contributed by atoms with Crippen molar-refractivity contribution in [1.29, 1.82) is 0 Å². The zero-order chi connectivity index (χ0) is 27.8. The molecule has 0 aliphatic heterocycles. The van der Waals surface area contributed by atoms with Gasteiger partial charge in [-0.05, 0) is 6.42 Å². The van der Waals surface area contributed by atoms with Crippen LogP contribution < -0.4 is 0 Å². The fraction of sp³-hybridized carbons (Fsp3) is 0.964. The van der Waals surface area contributed by atoms with Crippen LogP contribution in [0.4, 0.5) is 0 Å². The van der Waals surface area contributed by atoms with E-state index in [2.05, 4.69) is 6.92 Å². The predicted octanol–water partition coefficient (Wildman–Crippen LogP) is 7.04. The number of phosphoric ester groups is 1. The third kappa shape index (κ3) is 28.3. The second-order valence-corrected chi connectivity index (χ2v) is 12.7. The van der Waals surface area contributed by atoms with Gasteiger partial charge in [0.1, 0.15) is 19.3 Å². The molecule has 0 aliphatic rings. The van der Waals surface area contributed by atoms with Crippen molar-refractivity contribution in [2.45, 2.75) is 123 Å². The molecule has 0 fully saturated rings. The van der Waals surface area contributed by atoms with Gasteiger partial charge in [-0.2, -0.15) is 0 Å². The molecule has 9 heteroatoms. The van der Waals surface area contributed by atoms with E-state index in [4.69, 9.17) is 18.5 Å². The maximum absolute atomic E-state index is 12.1. The first kappa shape index (κ1) is 36.5. The molecule has 0 aromatic rings. The fourth-order valence-corrected chi connectivity index (χ4v) is 4.70. The number of rotatable bonds is 27. The molecule has 0 amide bonds. The quantitative estimate of drug-likeness (QED) is 0.0506. The number of carbonyl (C=O) groups is 1. The molecule has 2 unspecified atom stereocenters. The summed E-state index contributed by atoms with van der Waals surface area (Å²) >= 11 is 0. The van der Waals surface area contributed by atoms with E-state index in [0.717, 1.165) is 12.8 Å². The molecule has 37 heavy (non-hydrogen) atoms. The number of hydrogen-bond acceptors (Lipinski definition) is 6. The Balaban J connectivity index is 3.71. The van der Waals surface area contributed by atoms with Gasteiger partial charge in [-0.15, -0.1) is 0 Å². The number of hydrogen-bond donors (Lipinski definition) is 1. The van der Waals surface area contributed by atoms with Gasteiger partial charge in [0.2, 0.25) is 0 Å². The van der Waals surface area contributed by atoms with Gasteiger partial charge in [0, 0.05) is 13.5 Å². The molecule has 0 rings (SSSR count). The molecule has 0 heterocycles. The average molecular weight is 553 g/mol. The number of quaternary nitrogens is 1. The number of nitrogens with zero attached hydrogens (tertiary/aromatic N) is 1. The van der Waals surface area contributed by atoms with Crippen LogP contribution in [-0.2, 0) is 27.9 Å². The summed E-state index contributed by atoms with van der Waals surface area (Å²) in [5, 5.41) is 0. The second kappa shape index (κ2) is 23.4. The van der Waals surface area contributed by atoms with Gasteiger partial charge >= 0.3 is 13.8 Å². The molecule has 0 saturated heterocycles. The van der Waals surface area contributed by atoms with Crippen molar-refractivity contribution >= 4 is 13.8 Å². The monoisotopic (exact) mass is 552 g/mol. The van der Waals surface area contributed by atoms with Crippen LogP contribution in [0.2, 0.25) is 0 Å². The summed E-state index contributed by atoms with van der Waals surface area (Å²) in [7, 11) is 1.66. The number of phosphoric acid groups is 1. The first-order valence-electron chi connectivity index (χ1n) is 14.7. The number of esters is 1. The second-order valence-electron chi connectivity index (χ2n) is 11.2. The van der Waals surface area contributed by atoms with Crippen molar-refractivity contribution < 1.29 is 37.3 Å². The van der Waals surface area contributed by atoms with E-state index in [1.807, 2.05) is 21.1 Å². The Morgan fingerprint density at radius 1 is 0.730 bits per heavy atom. The molecule has 1 N–H and O–H groups in total. The predicted molar refractivity (Wildman–Crippen MR) is 151 cm³/mol. The van der Waals surface area contributed by atoms with E-state index in [9.17, 15) is 14.3 Å². The summed E-state index contributed by atoms with van der Waals surface area (Å²) in [6, 6.07) is 0. The van der Waals surface area contributed by atoms with Gasteiger partial charge < -0.3 is 18.9 Å². The van der Waals surface area contributed by atoms with E-state index in [0.29, 0.717) is 17.6 Å². The number of unbranched alkanes of at least 4 members (excludes halogenated alkanes) is 15. The molecule has 0 aliphatic carbocycles. The lowest BCUT2D eigenvalue weighted by Crippen LogP contribution is -2.37. The topological polar surface area (TPSA) is 91.3 Å². The normalized spacial score (nSPS) is 14.4. The summed E-state index contributed by atoms with van der Waals surface area (Å²) in [5.41, 5.74) is 0. The van der Waals surface area contributed by atoms with E-state index in [1.165, 1.54) is 96.8 Å². The van der Waals surface area contributed by atoms with Gasteiger partial charge in [0.15, 0.2) is 0 Å². The Morgan fingerprint density at radius 3 is 1.62 bits per heavy atom. The molecule has 0 saturated carbocycles. The smallest absolute Gasteiger partial charge is 0.458 e. The van der Waals surface area contributed by atoms with Crippen LogP contribution >= 0.6 is 7.82 Å². The Labute approximate surface area is 228 Å². The highest BCUT2D eigenvalue weighted by molar-refractivity contribution is 7.47. The standard InChI is InChI=1S/C28H58NO7P/c1-6-7-8-9-10-11-12-13-14-15-16-17-18-19-20-21-23-33-25-28(36-27(2)30)26-35-37(31,32)34-24-22-29(3,4)5/h28H,6-26H2,1-5H3/p+1. The van der Waals surface area contributed by atoms with Gasteiger partial charge in [-0.3, -0.25) is 13.8 Å². The summed E-state index contributed by atoms with van der Waals surface area (Å²) in [5.74, 6) is -0.488. The summed E-state index contributed by atoms with van der Waals surface area (Å²) in [6.45, 7) is 4.64. The van der Waals surface area contributed by atoms with Crippen LogP contribution in [0.5, 0.6) is 0 Å². The Bertz CT molecular complexity index is 583. The van der Waals surface area contributed by atoms with Crippen molar-refractivity contribution in [3.8, 4) is 0 Å². The molecule has 0 bridgehead atoms. The van der Waals surface area contributed by atoms with E-state index in [1.54, 1.807) is 0 Å². The Morgan fingerprint density at radius 2 is 1.19 bits per heavy atom. The van der Waals surface area contributed by atoms with Gasteiger partial charge in [-0.25, -0.2) is 4.57 Å². The summed E-state index contributed by atoms with van der Waals surface area (Å²) in [6.07, 6.45) is 20.3. The largest absolute Gasteiger partial charge is 0.472 e. The van der Waals surface area contributed by atoms with Crippen LogP contribution in [-0.4, -0.2) is 75.6 Å². The van der Waals surface area contributed by atoms with E-state index >= 15 is 0 Å². The zero-order valence-corrected chi connectivity index (χ0v) is 25.6. The van der Waals surface area contributed by atoms with Crippen LogP contribution in [0, 0.1) is 0 Å². The minimum absolute atomic E-state index is 0.0886. The lowest BCUT2D eigenvalue weighted by atomic mass is 10.0. The third-order valence-corrected chi connectivity index (χ3v) is 7.20. The molecule has 0 aromatic heterocycles. The number of likely N-dealkylation sites (N-methyl/N-ethyl adjacent to an activating group) is 1. The zero-order valence-electron chi connectivity index (χ0n) is 24.7. The summed E-state index contributed by atoms with van der Waals surface area (Å²) < 4.78 is 33.5. The highest BCUT2D eigenvalue weighted by Crippen LogP contribution is 2.43. The molecular weight excluding hydrogens is 493 g/mol.